The molecule has 3 aliphatic rings. The van der Waals surface area contributed by atoms with Gasteiger partial charge in [0.05, 0.1) is 26.7 Å². The van der Waals surface area contributed by atoms with E-state index < -0.39 is 76.5 Å². The molecule has 3 aliphatic heterocycles. The maximum atomic E-state index is 14.3. The Morgan fingerprint density at radius 2 is 1.98 bits per heavy atom. The van der Waals surface area contributed by atoms with E-state index in [2.05, 4.69) is 20.5 Å². The zero-order valence-corrected chi connectivity index (χ0v) is 24.8. The summed E-state index contributed by atoms with van der Waals surface area (Å²) < 4.78 is 44.3. The van der Waals surface area contributed by atoms with Gasteiger partial charge in [0, 0.05) is 37.0 Å². The van der Waals surface area contributed by atoms with E-state index in [0.29, 0.717) is 24.8 Å². The molecule has 4 heterocycles. The topological polar surface area (TPSA) is 167 Å². The largest absolute Gasteiger partial charge is 0.482 e. The molecule has 2 aromatic rings. The molecule has 5 rings (SSSR count). The van der Waals surface area contributed by atoms with Gasteiger partial charge in [-0.1, -0.05) is 11.2 Å². The summed E-state index contributed by atoms with van der Waals surface area (Å²) in [6.45, 7) is 2.81. The number of fused-ring (bicyclic) bond motifs is 5. The number of methoxy groups -OCH3 is 2. The molecule has 45 heavy (non-hydrogen) atoms. The number of esters is 1. The average molecular weight is 632 g/mol. The predicted molar refractivity (Wildman–Crippen MR) is 151 cm³/mol. The lowest BCUT2D eigenvalue weighted by Gasteiger charge is -2.42. The number of rotatable bonds is 6. The second-order valence-corrected chi connectivity index (χ2v) is 11.0. The summed E-state index contributed by atoms with van der Waals surface area (Å²) in [7, 11) is 2.53. The molecular formula is C29H31F2N5O9. The second kappa shape index (κ2) is 12.2. The van der Waals surface area contributed by atoms with Crippen molar-refractivity contribution in [2.24, 2.45) is 5.16 Å². The Labute approximate surface area is 255 Å². The van der Waals surface area contributed by atoms with E-state index in [-0.39, 0.29) is 30.3 Å². The minimum absolute atomic E-state index is 0.0525. The minimum Gasteiger partial charge on any atom is -0.482 e. The van der Waals surface area contributed by atoms with Crippen LogP contribution in [0.5, 0.6) is 5.75 Å². The zero-order chi connectivity index (χ0) is 32.6. The smallest absolute Gasteiger partial charge is 0.407 e. The third-order valence-electron chi connectivity index (χ3n) is 8.28. The van der Waals surface area contributed by atoms with Crippen LogP contribution in [0.15, 0.2) is 34.3 Å². The Morgan fingerprint density at radius 3 is 2.64 bits per heavy atom. The van der Waals surface area contributed by atoms with Crippen molar-refractivity contribution in [3.8, 4) is 5.75 Å². The van der Waals surface area contributed by atoms with Crippen LogP contribution in [0.4, 0.5) is 13.6 Å². The van der Waals surface area contributed by atoms with E-state index >= 15 is 0 Å². The Hall–Kier alpha value is -5.02. The zero-order valence-electron chi connectivity index (χ0n) is 24.8. The van der Waals surface area contributed by atoms with Crippen LogP contribution in [0.3, 0.4) is 0 Å². The number of carbonyl (C=O) groups is 4. The van der Waals surface area contributed by atoms with Crippen molar-refractivity contribution in [1.29, 1.82) is 0 Å². The van der Waals surface area contributed by atoms with Crippen LogP contribution < -0.4 is 20.8 Å². The summed E-state index contributed by atoms with van der Waals surface area (Å²) in [5, 5.41) is 8.70. The number of ether oxygens (including phenoxy) is 3. The summed E-state index contributed by atoms with van der Waals surface area (Å²) in [6.07, 6.45) is 1.36. The van der Waals surface area contributed by atoms with Crippen LogP contribution in [0.2, 0.25) is 0 Å². The van der Waals surface area contributed by atoms with Gasteiger partial charge in [0.25, 0.3) is 11.8 Å². The highest BCUT2D eigenvalue weighted by atomic mass is 19.1. The lowest BCUT2D eigenvalue weighted by Crippen LogP contribution is -2.53. The van der Waals surface area contributed by atoms with E-state index in [1.165, 1.54) is 29.7 Å². The maximum Gasteiger partial charge on any atom is 0.407 e. The molecule has 0 unspecified atom stereocenters. The van der Waals surface area contributed by atoms with Gasteiger partial charge in [-0.3, -0.25) is 14.4 Å². The highest BCUT2D eigenvalue weighted by Crippen LogP contribution is 2.46. The first-order valence-corrected chi connectivity index (χ1v) is 14.1. The molecule has 2 bridgehead atoms. The number of alkyl carbamates (subject to hydrolysis) is 1. The number of hydrogen-bond acceptors (Lipinski definition) is 10. The minimum atomic E-state index is -1.32. The highest BCUT2D eigenvalue weighted by Gasteiger charge is 2.55. The number of amides is 3. The molecule has 16 heteroatoms. The van der Waals surface area contributed by atoms with E-state index in [0.717, 1.165) is 19.2 Å². The number of carbonyl (C=O) groups excluding carboxylic acids is 4. The fourth-order valence-corrected chi connectivity index (χ4v) is 5.69. The summed E-state index contributed by atoms with van der Waals surface area (Å²) in [5.74, 6) is -4.88. The first-order valence-electron chi connectivity index (χ1n) is 14.1. The van der Waals surface area contributed by atoms with Crippen molar-refractivity contribution in [3.63, 3.8) is 0 Å². The summed E-state index contributed by atoms with van der Waals surface area (Å²) in [5.41, 5.74) is -3.04. The van der Waals surface area contributed by atoms with Gasteiger partial charge < -0.3 is 39.1 Å². The fourth-order valence-electron chi connectivity index (χ4n) is 5.69. The Bertz CT molecular complexity index is 1660. The van der Waals surface area contributed by atoms with Crippen LogP contribution in [-0.2, 0) is 25.7 Å². The molecule has 240 valence electrons. The van der Waals surface area contributed by atoms with Crippen molar-refractivity contribution in [3.05, 3.63) is 63.1 Å². The number of hydrogen-bond donors (Lipinski definition) is 2. The van der Waals surface area contributed by atoms with E-state index in [1.807, 2.05) is 6.92 Å². The highest BCUT2D eigenvalue weighted by molar-refractivity contribution is 6.00. The van der Waals surface area contributed by atoms with Crippen LogP contribution in [0.1, 0.15) is 65.6 Å². The monoisotopic (exact) mass is 631 g/mol. The third kappa shape index (κ3) is 5.79. The quantitative estimate of drug-likeness (QED) is 0.454. The van der Waals surface area contributed by atoms with Crippen molar-refractivity contribution in [2.45, 2.75) is 63.4 Å². The van der Waals surface area contributed by atoms with Crippen molar-refractivity contribution >= 4 is 29.8 Å². The lowest BCUT2D eigenvalue weighted by atomic mass is 9.85. The van der Waals surface area contributed by atoms with Crippen molar-refractivity contribution in [2.75, 3.05) is 20.8 Å². The second-order valence-electron chi connectivity index (χ2n) is 11.0. The summed E-state index contributed by atoms with van der Waals surface area (Å²) >= 11 is 0. The van der Waals surface area contributed by atoms with Crippen LogP contribution in [0, 0.1) is 11.6 Å². The molecule has 4 atom stereocenters. The van der Waals surface area contributed by atoms with E-state index in [9.17, 15) is 32.8 Å². The lowest BCUT2D eigenvalue weighted by molar-refractivity contribution is -0.136. The number of oxime groups is 1. The summed E-state index contributed by atoms with van der Waals surface area (Å²) in [4.78, 5) is 73.5. The van der Waals surface area contributed by atoms with Crippen LogP contribution in [-0.4, -0.2) is 77.7 Å². The van der Waals surface area contributed by atoms with Gasteiger partial charge in [0.1, 0.15) is 23.2 Å². The van der Waals surface area contributed by atoms with Gasteiger partial charge >= 0.3 is 12.1 Å². The molecule has 0 aliphatic carbocycles. The molecule has 1 spiro atoms. The van der Waals surface area contributed by atoms with Gasteiger partial charge in [-0.15, -0.1) is 0 Å². The van der Waals surface area contributed by atoms with Crippen molar-refractivity contribution < 1.29 is 47.0 Å². The number of pyridine rings is 1. The Morgan fingerprint density at radius 1 is 1.22 bits per heavy atom. The van der Waals surface area contributed by atoms with Gasteiger partial charge in [-0.25, -0.2) is 18.4 Å². The first-order chi connectivity index (χ1) is 21.4. The van der Waals surface area contributed by atoms with Crippen LogP contribution >= 0.6 is 0 Å². The number of nitrogens with zero attached hydrogens (tertiary/aromatic N) is 3. The first kappa shape index (κ1) is 31.4. The molecule has 1 fully saturated rings. The van der Waals surface area contributed by atoms with Gasteiger partial charge in [0.15, 0.2) is 11.3 Å². The van der Waals surface area contributed by atoms with E-state index in [1.54, 1.807) is 0 Å². The summed E-state index contributed by atoms with van der Waals surface area (Å²) in [6, 6.07) is 0.451. The molecular weight excluding hydrogens is 600 g/mol. The maximum absolute atomic E-state index is 14.3. The van der Waals surface area contributed by atoms with Gasteiger partial charge in [-0.05, 0) is 32.8 Å². The molecule has 1 aromatic heterocycles. The molecule has 2 N–H and O–H groups in total. The number of nitrogens with one attached hydrogen (secondary N) is 2. The Kier molecular flexibility index (Phi) is 8.49. The van der Waals surface area contributed by atoms with Gasteiger partial charge in [-0.2, -0.15) is 0 Å². The molecule has 0 radical (unpaired) electrons. The number of aromatic nitrogens is 1. The number of benzene rings is 1. The SMILES string of the molecule is COC(=O)N[C@@H](C)C(=O)Oc1c2n(cc(C(=O)NCc3ccc(F)cc3F)c1=O)[C@@H]1CN(C2=O)[C@@H](C)CC[C@]12CC(OC)=NO2. The van der Waals surface area contributed by atoms with Crippen molar-refractivity contribution in [1.82, 2.24) is 20.1 Å². The molecule has 0 saturated carbocycles. The molecule has 1 aromatic carbocycles. The average Bonchev–Trinajstić information content (AvgIpc) is 3.39. The number of halogens is 2. The standard InChI is InChI=1S/C29H31F2N5O9/c1-14-7-8-29(10-21(42-3)34-45-29)20-13-35(14)26(39)22-24(44-27(40)15(2)33-28(41)43-4)23(37)18(12-36(20)22)25(38)32-11-16-5-6-17(30)9-19(16)31/h5-6,9,12,14-15,20H,7-8,10-11,13H2,1-4H3,(H,32,38)(H,33,41)/t14-,15-,20+,29-/m0/s1. The predicted octanol–water partition coefficient (Wildman–Crippen LogP) is 2.00. The Balaban J connectivity index is 1.62. The van der Waals surface area contributed by atoms with Gasteiger partial charge in [0.2, 0.25) is 17.1 Å². The molecule has 1 saturated heterocycles. The van der Waals surface area contributed by atoms with Crippen LogP contribution in [0.25, 0.3) is 0 Å². The fraction of sp³-hybridized carbons (Fsp3) is 0.448. The molecule has 3 amide bonds. The third-order valence-corrected chi connectivity index (χ3v) is 8.28. The normalized spacial score (nSPS) is 22.4. The van der Waals surface area contributed by atoms with E-state index in [4.69, 9.17) is 14.3 Å². The molecule has 14 nitrogen and oxygen atoms in total.